The number of nitrogens with one attached hydrogen (secondary N) is 2. The fourth-order valence-corrected chi connectivity index (χ4v) is 4.92. The standard InChI is InChI=1S/C22H27N3O4S/c1-15-10-12-25(13-11-15)30(28,29)20-9-4-16(2)21(14-20)22(27)24-19-7-5-18(6-8-19)23-17(3)26/h4-9,14-15H,10-13H2,1-3H3,(H,23,26)(H,24,27). The Bertz CT molecular complexity index is 1040. The summed E-state index contributed by atoms with van der Waals surface area (Å²) in [6.45, 7) is 6.32. The lowest BCUT2D eigenvalue weighted by Gasteiger charge is -2.29. The van der Waals surface area contributed by atoms with Crippen LogP contribution in [0.5, 0.6) is 0 Å². The Hall–Kier alpha value is -2.71. The van der Waals surface area contributed by atoms with E-state index in [4.69, 9.17) is 0 Å². The van der Waals surface area contributed by atoms with Crippen LogP contribution in [-0.4, -0.2) is 37.6 Å². The van der Waals surface area contributed by atoms with Gasteiger partial charge in [0.25, 0.3) is 5.91 Å². The first-order valence-corrected chi connectivity index (χ1v) is 11.4. The smallest absolute Gasteiger partial charge is 0.255 e. The highest BCUT2D eigenvalue weighted by atomic mass is 32.2. The van der Waals surface area contributed by atoms with Gasteiger partial charge in [-0.3, -0.25) is 9.59 Å². The minimum Gasteiger partial charge on any atom is -0.326 e. The molecular weight excluding hydrogens is 402 g/mol. The Balaban J connectivity index is 1.79. The number of amides is 2. The topological polar surface area (TPSA) is 95.6 Å². The summed E-state index contributed by atoms with van der Waals surface area (Å²) < 4.78 is 27.5. The molecule has 7 nitrogen and oxygen atoms in total. The summed E-state index contributed by atoms with van der Waals surface area (Å²) in [5, 5.41) is 5.44. The highest BCUT2D eigenvalue weighted by Gasteiger charge is 2.29. The van der Waals surface area contributed by atoms with Gasteiger partial charge < -0.3 is 10.6 Å². The van der Waals surface area contributed by atoms with Crippen molar-refractivity contribution in [1.82, 2.24) is 4.31 Å². The maximum Gasteiger partial charge on any atom is 0.255 e. The number of carbonyl (C=O) groups excluding carboxylic acids is 2. The zero-order chi connectivity index (χ0) is 21.9. The van der Waals surface area contributed by atoms with Gasteiger partial charge in [-0.25, -0.2) is 8.42 Å². The normalized spacial score (nSPS) is 15.6. The van der Waals surface area contributed by atoms with E-state index >= 15 is 0 Å². The van der Waals surface area contributed by atoms with Gasteiger partial charge in [0, 0.05) is 37.0 Å². The number of carbonyl (C=O) groups is 2. The van der Waals surface area contributed by atoms with Crippen molar-refractivity contribution in [3.8, 4) is 0 Å². The van der Waals surface area contributed by atoms with Crippen molar-refractivity contribution in [1.29, 1.82) is 0 Å². The molecule has 3 rings (SSSR count). The van der Waals surface area contributed by atoms with E-state index < -0.39 is 10.0 Å². The van der Waals surface area contributed by atoms with E-state index in [1.165, 1.54) is 17.3 Å². The van der Waals surface area contributed by atoms with E-state index in [2.05, 4.69) is 17.6 Å². The molecule has 1 fully saturated rings. The van der Waals surface area contributed by atoms with Gasteiger partial charge in [-0.1, -0.05) is 13.0 Å². The molecule has 0 unspecified atom stereocenters. The Morgan fingerprint density at radius 2 is 1.53 bits per heavy atom. The molecule has 30 heavy (non-hydrogen) atoms. The van der Waals surface area contributed by atoms with Crippen LogP contribution in [0.3, 0.4) is 0 Å². The van der Waals surface area contributed by atoms with Gasteiger partial charge in [-0.2, -0.15) is 4.31 Å². The molecule has 160 valence electrons. The van der Waals surface area contributed by atoms with Crippen molar-refractivity contribution in [3.05, 3.63) is 53.6 Å². The van der Waals surface area contributed by atoms with Gasteiger partial charge >= 0.3 is 0 Å². The highest BCUT2D eigenvalue weighted by molar-refractivity contribution is 7.89. The molecule has 0 spiro atoms. The third-order valence-electron chi connectivity index (χ3n) is 5.30. The predicted molar refractivity (Wildman–Crippen MR) is 117 cm³/mol. The first-order valence-electron chi connectivity index (χ1n) is 9.96. The second-order valence-electron chi connectivity index (χ2n) is 7.78. The molecule has 1 aliphatic rings. The van der Waals surface area contributed by atoms with E-state index in [0.717, 1.165) is 12.8 Å². The van der Waals surface area contributed by atoms with Crippen molar-refractivity contribution >= 4 is 33.2 Å². The van der Waals surface area contributed by atoms with E-state index in [0.29, 0.717) is 41.5 Å². The predicted octanol–water partition coefficient (Wildman–Crippen LogP) is 3.63. The molecule has 2 aromatic carbocycles. The number of hydrogen-bond acceptors (Lipinski definition) is 4. The molecule has 0 saturated carbocycles. The summed E-state index contributed by atoms with van der Waals surface area (Å²) in [5.74, 6) is -0.0412. The van der Waals surface area contributed by atoms with Crippen LogP contribution < -0.4 is 10.6 Å². The van der Waals surface area contributed by atoms with Gasteiger partial charge in [0.15, 0.2) is 0 Å². The van der Waals surface area contributed by atoms with Gasteiger partial charge in [0.1, 0.15) is 0 Å². The van der Waals surface area contributed by atoms with Crippen LogP contribution in [0, 0.1) is 12.8 Å². The minimum absolute atomic E-state index is 0.133. The third-order valence-corrected chi connectivity index (χ3v) is 7.19. The second-order valence-corrected chi connectivity index (χ2v) is 9.71. The lowest BCUT2D eigenvalue weighted by molar-refractivity contribution is -0.114. The molecule has 0 aromatic heterocycles. The average Bonchev–Trinajstić information content (AvgIpc) is 2.69. The van der Waals surface area contributed by atoms with Gasteiger partial charge in [-0.05, 0) is 67.6 Å². The number of rotatable bonds is 5. The molecule has 0 bridgehead atoms. The fourth-order valence-electron chi connectivity index (χ4n) is 3.42. The van der Waals surface area contributed by atoms with Crippen LogP contribution in [0.4, 0.5) is 11.4 Å². The van der Waals surface area contributed by atoms with E-state index in [1.54, 1.807) is 43.3 Å². The Labute approximate surface area is 177 Å². The Kier molecular flexibility index (Phi) is 6.58. The molecule has 1 aliphatic heterocycles. The van der Waals surface area contributed by atoms with E-state index in [-0.39, 0.29) is 16.7 Å². The molecule has 2 amide bonds. The largest absolute Gasteiger partial charge is 0.326 e. The fraction of sp³-hybridized carbons (Fsp3) is 0.364. The molecule has 0 radical (unpaired) electrons. The maximum atomic E-state index is 13.0. The van der Waals surface area contributed by atoms with Crippen LogP contribution >= 0.6 is 0 Å². The number of nitrogens with zero attached hydrogens (tertiary/aromatic N) is 1. The first kappa shape index (κ1) is 22.0. The van der Waals surface area contributed by atoms with Crippen LogP contribution in [0.2, 0.25) is 0 Å². The first-order chi connectivity index (χ1) is 14.2. The monoisotopic (exact) mass is 429 g/mol. The van der Waals surface area contributed by atoms with E-state index in [1.807, 2.05) is 0 Å². The Morgan fingerprint density at radius 1 is 0.967 bits per heavy atom. The highest BCUT2D eigenvalue weighted by Crippen LogP contribution is 2.25. The van der Waals surface area contributed by atoms with Crippen LogP contribution in [0.15, 0.2) is 47.4 Å². The van der Waals surface area contributed by atoms with Crippen molar-refractivity contribution in [2.24, 2.45) is 5.92 Å². The quantitative estimate of drug-likeness (QED) is 0.759. The lowest BCUT2D eigenvalue weighted by Crippen LogP contribution is -2.38. The SMILES string of the molecule is CC(=O)Nc1ccc(NC(=O)c2cc(S(=O)(=O)N3CCC(C)CC3)ccc2C)cc1. The third kappa shape index (κ3) is 5.06. The van der Waals surface area contributed by atoms with Gasteiger partial charge in [0.05, 0.1) is 4.90 Å². The van der Waals surface area contributed by atoms with Crippen molar-refractivity contribution in [3.63, 3.8) is 0 Å². The Morgan fingerprint density at radius 3 is 2.10 bits per heavy atom. The van der Waals surface area contributed by atoms with Crippen molar-refractivity contribution in [2.45, 2.75) is 38.5 Å². The number of benzene rings is 2. The molecule has 1 saturated heterocycles. The van der Waals surface area contributed by atoms with E-state index in [9.17, 15) is 18.0 Å². The number of anilines is 2. The van der Waals surface area contributed by atoms with Gasteiger partial charge in [-0.15, -0.1) is 0 Å². The maximum absolute atomic E-state index is 13.0. The van der Waals surface area contributed by atoms with Gasteiger partial charge in [0.2, 0.25) is 15.9 Å². The molecule has 1 heterocycles. The molecule has 0 aliphatic carbocycles. The summed E-state index contributed by atoms with van der Waals surface area (Å²) in [6, 6.07) is 11.4. The van der Waals surface area contributed by atoms with Crippen LogP contribution in [-0.2, 0) is 14.8 Å². The second kappa shape index (κ2) is 8.97. The summed E-state index contributed by atoms with van der Waals surface area (Å²) in [6.07, 6.45) is 1.68. The number of aryl methyl sites for hydroxylation is 1. The molecule has 2 N–H and O–H groups in total. The lowest BCUT2D eigenvalue weighted by atomic mass is 10.0. The van der Waals surface area contributed by atoms with Crippen LogP contribution in [0.25, 0.3) is 0 Å². The number of hydrogen-bond donors (Lipinski definition) is 2. The molecule has 2 aromatic rings. The summed E-state index contributed by atoms with van der Waals surface area (Å²) in [7, 11) is -3.64. The molecular formula is C22H27N3O4S. The summed E-state index contributed by atoms with van der Waals surface area (Å²) in [4.78, 5) is 24.0. The zero-order valence-electron chi connectivity index (χ0n) is 17.4. The minimum atomic E-state index is -3.64. The number of piperidine rings is 1. The van der Waals surface area contributed by atoms with Crippen LogP contribution in [0.1, 0.15) is 42.6 Å². The summed E-state index contributed by atoms with van der Waals surface area (Å²) >= 11 is 0. The average molecular weight is 430 g/mol. The molecule has 8 heteroatoms. The van der Waals surface area contributed by atoms with Crippen molar-refractivity contribution in [2.75, 3.05) is 23.7 Å². The summed E-state index contributed by atoms with van der Waals surface area (Å²) in [5.41, 5.74) is 2.17. The molecule has 0 atom stereocenters. The zero-order valence-corrected chi connectivity index (χ0v) is 18.3. The van der Waals surface area contributed by atoms with Crippen molar-refractivity contribution < 1.29 is 18.0 Å². The number of sulfonamides is 1.